The number of benzene rings is 1. The Bertz CT molecular complexity index is 1100. The number of nitrogens with zero attached hydrogens (tertiary/aromatic N) is 4. The van der Waals surface area contributed by atoms with Gasteiger partial charge in [0.25, 0.3) is 0 Å². The van der Waals surface area contributed by atoms with E-state index in [1.807, 2.05) is 0 Å². The van der Waals surface area contributed by atoms with Gasteiger partial charge in [-0.05, 0) is 35.7 Å². The number of hydrogen-bond donors (Lipinski definition) is 0. The van der Waals surface area contributed by atoms with Crippen molar-refractivity contribution in [1.82, 2.24) is 20.1 Å². The lowest BCUT2D eigenvalue weighted by Crippen LogP contribution is -2.04. The van der Waals surface area contributed by atoms with E-state index in [-0.39, 0.29) is 0 Å². The summed E-state index contributed by atoms with van der Waals surface area (Å²) in [5.41, 5.74) is 0.937. The molecule has 1 aromatic carbocycles. The fourth-order valence-corrected chi connectivity index (χ4v) is 2.58. The maximum atomic E-state index is 12.9. The van der Waals surface area contributed by atoms with Crippen molar-refractivity contribution in [1.29, 1.82) is 0 Å². The molecule has 5 nitrogen and oxygen atoms in total. The second-order valence-electron chi connectivity index (χ2n) is 5.70. The number of pyridine rings is 2. The molecule has 8 heteroatoms. The Morgan fingerprint density at radius 3 is 2.46 bits per heavy atom. The van der Waals surface area contributed by atoms with Crippen LogP contribution in [0.2, 0.25) is 0 Å². The predicted molar refractivity (Wildman–Crippen MR) is 88.0 cm³/mol. The molecule has 0 aliphatic rings. The van der Waals surface area contributed by atoms with Gasteiger partial charge in [-0.3, -0.25) is 9.97 Å². The fourth-order valence-electron chi connectivity index (χ4n) is 2.58. The Hall–Kier alpha value is -3.29. The third-order valence-electron chi connectivity index (χ3n) is 3.86. The summed E-state index contributed by atoms with van der Waals surface area (Å²) < 4.78 is 43.8. The first kappa shape index (κ1) is 16.2. The van der Waals surface area contributed by atoms with Crippen LogP contribution in [-0.2, 0) is 6.18 Å². The first-order valence-electron chi connectivity index (χ1n) is 7.64. The summed E-state index contributed by atoms with van der Waals surface area (Å²) in [5, 5.41) is 4.90. The summed E-state index contributed by atoms with van der Waals surface area (Å²) in [7, 11) is 0. The second-order valence-corrected chi connectivity index (χ2v) is 5.70. The van der Waals surface area contributed by atoms with E-state index < -0.39 is 11.7 Å². The van der Waals surface area contributed by atoms with E-state index >= 15 is 0 Å². The van der Waals surface area contributed by atoms with E-state index in [4.69, 9.17) is 4.52 Å². The maximum Gasteiger partial charge on any atom is 0.416 e. The maximum absolute atomic E-state index is 12.9. The molecule has 0 N–H and O–H groups in total. The smallest absolute Gasteiger partial charge is 0.339 e. The van der Waals surface area contributed by atoms with Gasteiger partial charge in [-0.1, -0.05) is 11.2 Å². The minimum Gasteiger partial charge on any atom is -0.339 e. The quantitative estimate of drug-likeness (QED) is 0.522. The van der Waals surface area contributed by atoms with Crippen LogP contribution >= 0.6 is 0 Å². The van der Waals surface area contributed by atoms with Crippen molar-refractivity contribution in [3.05, 3.63) is 60.2 Å². The zero-order valence-corrected chi connectivity index (χ0v) is 13.4. The Labute approximate surface area is 145 Å². The third-order valence-corrected chi connectivity index (χ3v) is 3.86. The van der Waals surface area contributed by atoms with Gasteiger partial charge in [0, 0.05) is 30.3 Å². The predicted octanol–water partition coefficient (Wildman–Crippen LogP) is 4.67. The van der Waals surface area contributed by atoms with Crippen LogP contribution in [0.15, 0.2) is 53.3 Å². The molecular weight excluding hydrogens is 345 g/mol. The SMILES string of the molecule is Cc1nc(-c2ccnc(-c3cc4cc(C(F)(F)F)ccc4cn3)c2)no1. The van der Waals surface area contributed by atoms with Crippen molar-refractivity contribution >= 4 is 10.8 Å². The van der Waals surface area contributed by atoms with E-state index in [2.05, 4.69) is 20.1 Å². The molecule has 0 fully saturated rings. The average Bonchev–Trinajstić information content (AvgIpc) is 3.06. The monoisotopic (exact) mass is 356 g/mol. The molecule has 3 aromatic heterocycles. The molecule has 4 aromatic rings. The van der Waals surface area contributed by atoms with Crippen molar-refractivity contribution in [3.8, 4) is 22.8 Å². The zero-order chi connectivity index (χ0) is 18.3. The van der Waals surface area contributed by atoms with Gasteiger partial charge in [0.1, 0.15) is 0 Å². The van der Waals surface area contributed by atoms with E-state index in [0.29, 0.717) is 39.4 Å². The van der Waals surface area contributed by atoms with E-state index in [9.17, 15) is 13.2 Å². The molecule has 26 heavy (non-hydrogen) atoms. The van der Waals surface area contributed by atoms with Crippen LogP contribution in [0, 0.1) is 6.92 Å². The number of aromatic nitrogens is 4. The van der Waals surface area contributed by atoms with Gasteiger partial charge in [-0.2, -0.15) is 18.2 Å². The standard InChI is InChI=1S/C18H11F3N4O/c1-10-24-17(25-26-10)11-4-5-22-15(7-11)16-8-13-6-14(18(19,20)21)3-2-12(13)9-23-16/h2-9H,1H3. The molecule has 0 saturated heterocycles. The van der Waals surface area contributed by atoms with Crippen LogP contribution in [-0.4, -0.2) is 20.1 Å². The molecule has 0 unspecified atom stereocenters. The number of halogens is 3. The van der Waals surface area contributed by atoms with Gasteiger partial charge < -0.3 is 4.52 Å². The van der Waals surface area contributed by atoms with Crippen molar-refractivity contribution in [3.63, 3.8) is 0 Å². The molecule has 3 heterocycles. The molecule has 130 valence electrons. The summed E-state index contributed by atoms with van der Waals surface area (Å²) in [6.07, 6.45) is -1.31. The first-order valence-corrected chi connectivity index (χ1v) is 7.64. The highest BCUT2D eigenvalue weighted by atomic mass is 19.4. The Morgan fingerprint density at radius 2 is 1.73 bits per heavy atom. The van der Waals surface area contributed by atoms with Crippen molar-refractivity contribution in [2.24, 2.45) is 0 Å². The summed E-state index contributed by atoms with van der Waals surface area (Å²) in [6.45, 7) is 1.68. The van der Waals surface area contributed by atoms with E-state index in [0.717, 1.165) is 12.1 Å². The highest BCUT2D eigenvalue weighted by molar-refractivity contribution is 5.85. The van der Waals surface area contributed by atoms with Gasteiger partial charge in [0.15, 0.2) is 0 Å². The van der Waals surface area contributed by atoms with Gasteiger partial charge in [-0.25, -0.2) is 0 Å². The van der Waals surface area contributed by atoms with Crippen molar-refractivity contribution in [2.45, 2.75) is 13.1 Å². The number of rotatable bonds is 2. The van der Waals surface area contributed by atoms with Crippen LogP contribution in [0.1, 0.15) is 11.5 Å². The van der Waals surface area contributed by atoms with Crippen LogP contribution < -0.4 is 0 Å². The summed E-state index contributed by atoms with van der Waals surface area (Å²) in [4.78, 5) is 12.7. The van der Waals surface area contributed by atoms with Crippen LogP contribution in [0.4, 0.5) is 13.2 Å². The van der Waals surface area contributed by atoms with E-state index in [1.165, 1.54) is 12.3 Å². The average molecular weight is 356 g/mol. The highest BCUT2D eigenvalue weighted by Crippen LogP contribution is 2.32. The number of aryl methyl sites for hydroxylation is 1. The lowest BCUT2D eigenvalue weighted by molar-refractivity contribution is -0.137. The minimum atomic E-state index is -4.40. The molecule has 0 bridgehead atoms. The molecular formula is C18H11F3N4O. The lowest BCUT2D eigenvalue weighted by atomic mass is 10.1. The van der Waals surface area contributed by atoms with Gasteiger partial charge in [0.2, 0.25) is 11.7 Å². The van der Waals surface area contributed by atoms with Crippen LogP contribution in [0.5, 0.6) is 0 Å². The summed E-state index contributed by atoms with van der Waals surface area (Å²) in [6, 6.07) is 8.57. The third kappa shape index (κ3) is 3.01. The van der Waals surface area contributed by atoms with Crippen molar-refractivity contribution < 1.29 is 17.7 Å². The topological polar surface area (TPSA) is 64.7 Å². The molecule has 0 spiro atoms. The fraction of sp³-hybridized carbons (Fsp3) is 0.111. The molecule has 0 amide bonds. The van der Waals surface area contributed by atoms with Crippen LogP contribution in [0.3, 0.4) is 0 Å². The van der Waals surface area contributed by atoms with Gasteiger partial charge >= 0.3 is 6.18 Å². The number of hydrogen-bond acceptors (Lipinski definition) is 5. The molecule has 0 radical (unpaired) electrons. The molecule has 0 saturated carbocycles. The van der Waals surface area contributed by atoms with Gasteiger partial charge in [0.05, 0.1) is 17.0 Å². The highest BCUT2D eigenvalue weighted by Gasteiger charge is 2.30. The summed E-state index contributed by atoms with van der Waals surface area (Å²) in [5.74, 6) is 0.841. The first-order chi connectivity index (χ1) is 12.4. The number of fused-ring (bicyclic) bond motifs is 1. The Morgan fingerprint density at radius 1 is 0.923 bits per heavy atom. The minimum absolute atomic E-state index is 0.409. The Balaban J connectivity index is 1.79. The molecule has 4 rings (SSSR count). The van der Waals surface area contributed by atoms with Crippen LogP contribution in [0.25, 0.3) is 33.5 Å². The Kier molecular flexibility index (Phi) is 3.68. The molecule has 0 atom stereocenters. The van der Waals surface area contributed by atoms with E-state index in [1.54, 1.807) is 31.3 Å². The normalized spacial score (nSPS) is 11.8. The van der Waals surface area contributed by atoms with Crippen molar-refractivity contribution in [2.75, 3.05) is 0 Å². The zero-order valence-electron chi connectivity index (χ0n) is 13.4. The largest absolute Gasteiger partial charge is 0.416 e. The molecule has 0 aliphatic carbocycles. The number of alkyl halides is 3. The molecule has 0 aliphatic heterocycles. The van der Waals surface area contributed by atoms with Gasteiger partial charge in [-0.15, -0.1) is 0 Å². The second kappa shape index (κ2) is 5.91. The lowest BCUT2D eigenvalue weighted by Gasteiger charge is -2.08. The summed E-state index contributed by atoms with van der Waals surface area (Å²) >= 11 is 0.